The Labute approximate surface area is 147 Å². The monoisotopic (exact) mass is 371 g/mol. The number of sulfonamides is 1. The molecule has 0 saturated heterocycles. The van der Waals surface area contributed by atoms with E-state index in [1.54, 1.807) is 30.5 Å². The highest BCUT2D eigenvalue weighted by molar-refractivity contribution is 7.92. The molecule has 0 unspecified atom stereocenters. The van der Waals surface area contributed by atoms with Crippen molar-refractivity contribution >= 4 is 37.7 Å². The molecule has 0 spiro atoms. The Hall–Kier alpha value is -3.33. The predicted molar refractivity (Wildman–Crippen MR) is 95.9 cm³/mol. The van der Waals surface area contributed by atoms with Crippen LogP contribution in [0.25, 0.3) is 22.0 Å². The quantitative estimate of drug-likeness (QED) is 0.570. The Morgan fingerprint density at radius 3 is 2.85 bits per heavy atom. The maximum atomic E-state index is 12.8. The highest BCUT2D eigenvalue weighted by atomic mass is 32.2. The number of nitrogens with zero attached hydrogens (tertiary/aromatic N) is 1. The maximum absolute atomic E-state index is 12.8. The average Bonchev–Trinajstić information content (AvgIpc) is 3.01. The number of oxazole rings is 1. The fraction of sp³-hybridized carbons (Fsp3) is 0.0588. The summed E-state index contributed by atoms with van der Waals surface area (Å²) in [7, 11) is -2.38. The van der Waals surface area contributed by atoms with Crippen LogP contribution in [0.1, 0.15) is 0 Å². The van der Waals surface area contributed by atoms with Gasteiger partial charge in [-0.05, 0) is 36.4 Å². The number of aromatic nitrogens is 2. The van der Waals surface area contributed by atoms with Gasteiger partial charge in [0.15, 0.2) is 5.58 Å². The van der Waals surface area contributed by atoms with Gasteiger partial charge in [-0.3, -0.25) is 14.7 Å². The minimum Gasteiger partial charge on any atom is -0.494 e. The summed E-state index contributed by atoms with van der Waals surface area (Å²) in [5.74, 6) is -0.103. The first-order valence-corrected chi connectivity index (χ1v) is 9.04. The lowest BCUT2D eigenvalue weighted by Gasteiger charge is -2.12. The largest absolute Gasteiger partial charge is 0.494 e. The third-order valence-electron chi connectivity index (χ3n) is 3.90. The van der Waals surface area contributed by atoms with Crippen molar-refractivity contribution in [2.24, 2.45) is 0 Å². The molecule has 0 aliphatic rings. The number of anilines is 1. The first-order valence-electron chi connectivity index (χ1n) is 7.55. The smallest absolute Gasteiger partial charge is 0.417 e. The van der Waals surface area contributed by atoms with E-state index in [-0.39, 0.29) is 10.5 Å². The minimum atomic E-state index is -3.90. The Morgan fingerprint density at radius 2 is 2.04 bits per heavy atom. The number of H-pyrrole nitrogens is 1. The van der Waals surface area contributed by atoms with Crippen molar-refractivity contribution < 1.29 is 17.6 Å². The second-order valence-electron chi connectivity index (χ2n) is 5.49. The average molecular weight is 371 g/mol. The van der Waals surface area contributed by atoms with Crippen LogP contribution in [0.4, 0.5) is 5.69 Å². The van der Waals surface area contributed by atoms with E-state index in [1.807, 2.05) is 0 Å². The van der Waals surface area contributed by atoms with Gasteiger partial charge in [0, 0.05) is 17.6 Å². The van der Waals surface area contributed by atoms with Crippen LogP contribution >= 0.6 is 0 Å². The van der Waals surface area contributed by atoms with Gasteiger partial charge in [0.2, 0.25) is 0 Å². The van der Waals surface area contributed by atoms with Crippen LogP contribution in [0.3, 0.4) is 0 Å². The number of benzene rings is 2. The van der Waals surface area contributed by atoms with Crippen molar-refractivity contribution in [1.29, 1.82) is 0 Å². The Balaban J connectivity index is 1.80. The van der Waals surface area contributed by atoms with Crippen LogP contribution in [0.15, 0.2) is 62.8 Å². The van der Waals surface area contributed by atoms with Crippen LogP contribution in [0.5, 0.6) is 5.75 Å². The molecule has 0 aliphatic heterocycles. The first kappa shape index (κ1) is 16.2. The molecule has 0 bridgehead atoms. The topological polar surface area (TPSA) is 114 Å². The van der Waals surface area contributed by atoms with E-state index in [0.717, 1.165) is 0 Å². The molecule has 0 radical (unpaired) electrons. The fourth-order valence-electron chi connectivity index (χ4n) is 2.70. The van der Waals surface area contributed by atoms with Gasteiger partial charge in [-0.25, -0.2) is 13.2 Å². The molecule has 0 aliphatic carbocycles. The number of rotatable bonds is 4. The number of pyridine rings is 1. The number of fused-ring (bicyclic) bond motifs is 2. The Kier molecular flexibility index (Phi) is 3.66. The summed E-state index contributed by atoms with van der Waals surface area (Å²) < 4.78 is 38.2. The molecule has 0 amide bonds. The summed E-state index contributed by atoms with van der Waals surface area (Å²) >= 11 is 0. The van der Waals surface area contributed by atoms with Gasteiger partial charge in [-0.15, -0.1) is 0 Å². The first-order chi connectivity index (χ1) is 12.5. The van der Waals surface area contributed by atoms with Crippen LogP contribution in [0.2, 0.25) is 0 Å². The van der Waals surface area contributed by atoms with Crippen molar-refractivity contribution in [2.45, 2.75) is 4.90 Å². The second-order valence-corrected chi connectivity index (χ2v) is 7.18. The molecular formula is C17H13N3O5S. The van der Waals surface area contributed by atoms with Crippen LogP contribution in [-0.4, -0.2) is 25.5 Å². The zero-order chi connectivity index (χ0) is 18.3. The standard InChI is InChI=1S/C17H13N3O5S/c1-24-14-7-6-12(11-3-2-8-18-16(11)14)20-26(22,23)10-4-5-13-15(9-10)25-17(21)19-13/h2-9,20H,1H3,(H,19,21). The lowest BCUT2D eigenvalue weighted by molar-refractivity contribution is 0.419. The minimum absolute atomic E-state index is 0.0272. The van der Waals surface area contributed by atoms with E-state index < -0.39 is 15.8 Å². The third-order valence-corrected chi connectivity index (χ3v) is 5.26. The van der Waals surface area contributed by atoms with E-state index in [1.165, 1.54) is 25.3 Å². The van der Waals surface area contributed by atoms with Crippen LogP contribution in [-0.2, 0) is 10.0 Å². The van der Waals surface area contributed by atoms with Gasteiger partial charge < -0.3 is 9.15 Å². The molecule has 0 saturated carbocycles. The summed E-state index contributed by atoms with van der Waals surface area (Å²) in [6.45, 7) is 0. The highest BCUT2D eigenvalue weighted by Crippen LogP contribution is 2.31. The van der Waals surface area contributed by atoms with Gasteiger partial charge in [-0.1, -0.05) is 0 Å². The number of nitrogens with one attached hydrogen (secondary N) is 2. The lowest BCUT2D eigenvalue weighted by atomic mass is 10.2. The van der Waals surface area contributed by atoms with E-state index in [2.05, 4.69) is 14.7 Å². The molecule has 9 heteroatoms. The Morgan fingerprint density at radius 1 is 1.19 bits per heavy atom. The van der Waals surface area contributed by atoms with Gasteiger partial charge in [0.1, 0.15) is 11.3 Å². The zero-order valence-corrected chi connectivity index (χ0v) is 14.3. The molecule has 26 heavy (non-hydrogen) atoms. The van der Waals surface area contributed by atoms with E-state index >= 15 is 0 Å². The number of hydrogen-bond donors (Lipinski definition) is 2. The molecule has 4 aromatic rings. The van der Waals surface area contributed by atoms with Crippen LogP contribution < -0.4 is 15.2 Å². The lowest BCUT2D eigenvalue weighted by Crippen LogP contribution is -2.13. The van der Waals surface area contributed by atoms with E-state index in [4.69, 9.17) is 9.15 Å². The molecule has 132 valence electrons. The molecule has 4 rings (SSSR count). The normalized spacial score (nSPS) is 11.7. The van der Waals surface area contributed by atoms with Crippen molar-refractivity contribution in [3.8, 4) is 5.75 Å². The van der Waals surface area contributed by atoms with Crippen molar-refractivity contribution in [3.63, 3.8) is 0 Å². The molecule has 2 aromatic carbocycles. The number of ether oxygens (including phenoxy) is 1. The molecule has 0 fully saturated rings. The molecular weight excluding hydrogens is 358 g/mol. The van der Waals surface area contributed by atoms with Gasteiger partial charge in [-0.2, -0.15) is 0 Å². The van der Waals surface area contributed by atoms with Crippen LogP contribution in [0, 0.1) is 0 Å². The molecule has 2 N–H and O–H groups in total. The highest BCUT2D eigenvalue weighted by Gasteiger charge is 2.18. The molecule has 0 atom stereocenters. The van der Waals surface area contributed by atoms with Crippen molar-refractivity contribution in [2.75, 3.05) is 11.8 Å². The zero-order valence-electron chi connectivity index (χ0n) is 13.5. The summed E-state index contributed by atoms with van der Waals surface area (Å²) in [6.07, 6.45) is 1.60. The SMILES string of the molecule is COc1ccc(NS(=O)(=O)c2ccc3[nH]c(=O)oc3c2)c2cccnc12. The molecule has 2 aromatic heterocycles. The van der Waals surface area contributed by atoms with Crippen molar-refractivity contribution in [3.05, 3.63) is 59.2 Å². The Bertz CT molecular complexity index is 1290. The van der Waals surface area contributed by atoms with Gasteiger partial charge in [0.25, 0.3) is 10.0 Å². The van der Waals surface area contributed by atoms with Gasteiger partial charge >= 0.3 is 5.76 Å². The fourth-order valence-corrected chi connectivity index (χ4v) is 3.79. The number of methoxy groups -OCH3 is 1. The third kappa shape index (κ3) is 2.68. The second kappa shape index (κ2) is 5.88. The van der Waals surface area contributed by atoms with Gasteiger partial charge in [0.05, 0.1) is 23.2 Å². The number of aromatic amines is 1. The molecule has 2 heterocycles. The van der Waals surface area contributed by atoms with Crippen molar-refractivity contribution in [1.82, 2.24) is 9.97 Å². The van der Waals surface area contributed by atoms with E-state index in [0.29, 0.717) is 27.9 Å². The summed E-state index contributed by atoms with van der Waals surface area (Å²) in [6, 6.07) is 10.9. The maximum Gasteiger partial charge on any atom is 0.417 e. The molecule has 8 nitrogen and oxygen atoms in total. The number of hydrogen-bond acceptors (Lipinski definition) is 6. The predicted octanol–water partition coefficient (Wildman–Crippen LogP) is 2.48. The van der Waals surface area contributed by atoms with E-state index in [9.17, 15) is 13.2 Å². The summed E-state index contributed by atoms with van der Waals surface area (Å²) in [4.78, 5) is 17.9. The summed E-state index contributed by atoms with van der Waals surface area (Å²) in [5.41, 5.74) is 1.50. The summed E-state index contributed by atoms with van der Waals surface area (Å²) in [5, 5.41) is 0.602.